The van der Waals surface area contributed by atoms with E-state index in [-0.39, 0.29) is 22.7 Å². The highest BCUT2D eigenvalue weighted by Gasteiger charge is 2.30. The van der Waals surface area contributed by atoms with E-state index in [1.165, 1.54) is 30.3 Å². The Morgan fingerprint density at radius 2 is 1.86 bits per heavy atom. The molecule has 1 aromatic heterocycles. The molecule has 8 heteroatoms. The van der Waals surface area contributed by atoms with Crippen LogP contribution in [0.2, 0.25) is 5.02 Å². The maximum atomic E-state index is 12.9. The number of carbonyl (C=O) groups excluding carboxylic acids is 1. The van der Waals surface area contributed by atoms with Crippen molar-refractivity contribution >= 4 is 29.3 Å². The summed E-state index contributed by atoms with van der Waals surface area (Å²) < 4.78 is 44.1. The van der Waals surface area contributed by atoms with E-state index in [9.17, 15) is 23.2 Å². The Morgan fingerprint density at radius 1 is 1.10 bits per heavy atom. The topological polar surface area (TPSA) is 66.0 Å². The van der Waals surface area contributed by atoms with E-state index in [4.69, 9.17) is 16.0 Å². The van der Waals surface area contributed by atoms with Crippen LogP contribution in [0.1, 0.15) is 11.3 Å². The molecule has 0 radical (unpaired) electrons. The van der Waals surface area contributed by atoms with Gasteiger partial charge in [-0.3, -0.25) is 4.79 Å². The van der Waals surface area contributed by atoms with E-state index in [1.54, 1.807) is 30.3 Å². The summed E-state index contributed by atoms with van der Waals surface area (Å²) >= 11 is 5.98. The minimum atomic E-state index is -4.48. The van der Waals surface area contributed by atoms with Crippen molar-refractivity contribution in [3.63, 3.8) is 0 Å². The summed E-state index contributed by atoms with van der Waals surface area (Å²) in [6.07, 6.45) is -3.28. The van der Waals surface area contributed by atoms with Crippen LogP contribution in [0.25, 0.3) is 17.4 Å². The number of halogens is 4. The Bertz CT molecular complexity index is 1130. The lowest BCUT2D eigenvalue weighted by atomic mass is 10.1. The highest BCUT2D eigenvalue weighted by atomic mass is 35.5. The molecule has 3 aromatic rings. The van der Waals surface area contributed by atoms with E-state index in [1.807, 2.05) is 0 Å². The molecule has 0 saturated carbocycles. The normalized spacial score (nSPS) is 11.8. The summed E-state index contributed by atoms with van der Waals surface area (Å²) in [5.41, 5.74) is -0.502. The van der Waals surface area contributed by atoms with Crippen LogP contribution in [0.4, 0.5) is 18.9 Å². The predicted molar refractivity (Wildman–Crippen MR) is 103 cm³/mol. The zero-order valence-corrected chi connectivity index (χ0v) is 15.4. The first-order valence-corrected chi connectivity index (χ1v) is 8.61. The molecule has 3 rings (SSSR count). The van der Waals surface area contributed by atoms with Crippen molar-refractivity contribution in [3.05, 3.63) is 82.6 Å². The molecule has 0 spiro atoms. The molecule has 4 nitrogen and oxygen atoms in total. The molecule has 0 saturated heterocycles. The summed E-state index contributed by atoms with van der Waals surface area (Å²) in [5, 5.41) is 12.1. The summed E-state index contributed by atoms with van der Waals surface area (Å²) in [6, 6.07) is 15.9. The van der Waals surface area contributed by atoms with Crippen LogP contribution in [-0.2, 0) is 11.0 Å². The third-order valence-electron chi connectivity index (χ3n) is 3.87. The van der Waals surface area contributed by atoms with Crippen LogP contribution in [0, 0.1) is 11.3 Å². The smallest absolute Gasteiger partial charge is 0.416 e. The van der Waals surface area contributed by atoms with Gasteiger partial charge in [-0.25, -0.2) is 0 Å². The SMILES string of the molecule is N#C/C(=C\c1ccc(-c2cccc(C(F)(F)F)c2)o1)C(=O)Nc1ccccc1Cl. The van der Waals surface area contributed by atoms with Crippen LogP contribution in [0.3, 0.4) is 0 Å². The maximum Gasteiger partial charge on any atom is 0.416 e. The third kappa shape index (κ3) is 4.86. The Morgan fingerprint density at radius 3 is 2.55 bits per heavy atom. The number of para-hydroxylation sites is 1. The van der Waals surface area contributed by atoms with Gasteiger partial charge < -0.3 is 9.73 Å². The lowest BCUT2D eigenvalue weighted by Gasteiger charge is -2.07. The second-order valence-electron chi connectivity index (χ2n) is 5.88. The quantitative estimate of drug-likeness (QED) is 0.409. The summed E-state index contributed by atoms with van der Waals surface area (Å²) in [7, 11) is 0. The van der Waals surface area contributed by atoms with Gasteiger partial charge in [0.2, 0.25) is 0 Å². The van der Waals surface area contributed by atoms with Gasteiger partial charge in [0.15, 0.2) is 0 Å². The number of hydrogen-bond donors (Lipinski definition) is 1. The standard InChI is InChI=1S/C21H12ClF3N2O2/c22-17-6-1-2-7-18(17)27-20(28)14(12-26)11-16-8-9-19(29-16)13-4-3-5-15(10-13)21(23,24)25/h1-11H,(H,27,28)/b14-11+. The first kappa shape index (κ1) is 20.2. The molecular formula is C21H12ClF3N2O2. The molecule has 0 unspecified atom stereocenters. The average Bonchev–Trinajstić information content (AvgIpc) is 3.16. The average molecular weight is 417 g/mol. The molecule has 29 heavy (non-hydrogen) atoms. The second kappa shape index (κ2) is 8.25. The third-order valence-corrected chi connectivity index (χ3v) is 4.20. The van der Waals surface area contributed by atoms with Gasteiger partial charge in [-0.05, 0) is 36.4 Å². The van der Waals surface area contributed by atoms with E-state index in [0.29, 0.717) is 10.7 Å². The molecule has 0 atom stereocenters. The molecular weight excluding hydrogens is 405 g/mol. The van der Waals surface area contributed by atoms with Gasteiger partial charge in [0, 0.05) is 11.6 Å². The van der Waals surface area contributed by atoms with Gasteiger partial charge >= 0.3 is 6.18 Å². The molecule has 1 amide bonds. The second-order valence-corrected chi connectivity index (χ2v) is 6.29. The number of nitriles is 1. The van der Waals surface area contributed by atoms with Gasteiger partial charge in [-0.1, -0.05) is 35.9 Å². The zero-order chi connectivity index (χ0) is 21.0. The maximum absolute atomic E-state index is 12.9. The fourth-order valence-corrected chi connectivity index (χ4v) is 2.66. The monoisotopic (exact) mass is 416 g/mol. The number of benzene rings is 2. The Labute approximate surface area is 168 Å². The first-order valence-electron chi connectivity index (χ1n) is 8.23. The Kier molecular flexibility index (Phi) is 5.76. The van der Waals surface area contributed by atoms with Gasteiger partial charge in [-0.15, -0.1) is 0 Å². The Hall–Kier alpha value is -3.50. The number of furan rings is 1. The zero-order valence-electron chi connectivity index (χ0n) is 14.6. The lowest BCUT2D eigenvalue weighted by Crippen LogP contribution is -2.13. The van der Waals surface area contributed by atoms with Crippen molar-refractivity contribution in [3.8, 4) is 17.4 Å². The van der Waals surface area contributed by atoms with Crippen molar-refractivity contribution in [2.45, 2.75) is 6.18 Å². The molecule has 0 fully saturated rings. The van der Waals surface area contributed by atoms with Gasteiger partial charge in [-0.2, -0.15) is 18.4 Å². The highest BCUT2D eigenvalue weighted by molar-refractivity contribution is 6.34. The Balaban J connectivity index is 1.84. The van der Waals surface area contributed by atoms with Crippen LogP contribution < -0.4 is 5.32 Å². The highest BCUT2D eigenvalue weighted by Crippen LogP contribution is 2.33. The lowest BCUT2D eigenvalue weighted by molar-refractivity contribution is -0.137. The van der Waals surface area contributed by atoms with Crippen LogP contribution in [0.15, 0.2) is 70.7 Å². The fourth-order valence-electron chi connectivity index (χ4n) is 2.48. The molecule has 0 aliphatic rings. The number of hydrogen-bond acceptors (Lipinski definition) is 3. The molecule has 1 N–H and O–H groups in total. The largest absolute Gasteiger partial charge is 0.457 e. The van der Waals surface area contributed by atoms with Crippen molar-refractivity contribution < 1.29 is 22.4 Å². The minimum Gasteiger partial charge on any atom is -0.457 e. The minimum absolute atomic E-state index is 0.142. The van der Waals surface area contributed by atoms with Crippen molar-refractivity contribution in [2.24, 2.45) is 0 Å². The molecule has 0 aliphatic heterocycles. The molecule has 0 aliphatic carbocycles. The van der Waals surface area contributed by atoms with Crippen LogP contribution in [-0.4, -0.2) is 5.91 Å². The molecule has 0 bridgehead atoms. The number of carbonyl (C=O) groups is 1. The van der Waals surface area contributed by atoms with Crippen molar-refractivity contribution in [1.82, 2.24) is 0 Å². The van der Waals surface area contributed by atoms with Gasteiger partial charge in [0.25, 0.3) is 5.91 Å². The number of rotatable bonds is 4. The van der Waals surface area contributed by atoms with Crippen LogP contribution in [0.5, 0.6) is 0 Å². The van der Waals surface area contributed by atoms with Gasteiger partial charge in [0.05, 0.1) is 16.3 Å². The number of alkyl halides is 3. The molecule has 2 aromatic carbocycles. The van der Waals surface area contributed by atoms with Crippen molar-refractivity contribution in [2.75, 3.05) is 5.32 Å². The summed E-state index contributed by atoms with van der Waals surface area (Å²) in [4.78, 5) is 12.3. The first-order chi connectivity index (χ1) is 13.8. The number of nitrogens with zero attached hydrogens (tertiary/aromatic N) is 1. The van der Waals surface area contributed by atoms with Crippen LogP contribution >= 0.6 is 11.6 Å². The summed E-state index contributed by atoms with van der Waals surface area (Å²) in [6.45, 7) is 0. The van der Waals surface area contributed by atoms with E-state index in [0.717, 1.165) is 12.1 Å². The summed E-state index contributed by atoms with van der Waals surface area (Å²) in [5.74, 6) is -0.382. The fraction of sp³-hybridized carbons (Fsp3) is 0.0476. The molecule has 1 heterocycles. The number of anilines is 1. The van der Waals surface area contributed by atoms with E-state index >= 15 is 0 Å². The number of nitrogens with one attached hydrogen (secondary N) is 1. The van der Waals surface area contributed by atoms with E-state index in [2.05, 4.69) is 5.32 Å². The van der Waals surface area contributed by atoms with Crippen molar-refractivity contribution in [1.29, 1.82) is 5.26 Å². The van der Waals surface area contributed by atoms with E-state index < -0.39 is 17.6 Å². The number of amides is 1. The predicted octanol–water partition coefficient (Wildman–Crippen LogP) is 6.16. The van der Waals surface area contributed by atoms with Gasteiger partial charge in [0.1, 0.15) is 23.2 Å². The molecule has 146 valence electrons.